The highest BCUT2D eigenvalue weighted by Gasteiger charge is 2.20. The van der Waals surface area contributed by atoms with E-state index in [9.17, 15) is 4.39 Å². The predicted octanol–water partition coefficient (Wildman–Crippen LogP) is 4.20. The van der Waals surface area contributed by atoms with Gasteiger partial charge in [0.05, 0.1) is 19.9 Å². The monoisotopic (exact) mass is 513 g/mol. The van der Waals surface area contributed by atoms with Crippen LogP contribution in [0.15, 0.2) is 72.8 Å². The highest BCUT2D eigenvalue weighted by atomic mass is 19.1. The van der Waals surface area contributed by atoms with Gasteiger partial charge >= 0.3 is 0 Å². The summed E-state index contributed by atoms with van der Waals surface area (Å²) in [6.45, 7) is 2.08. The molecule has 9 nitrogen and oxygen atoms in total. The van der Waals surface area contributed by atoms with Gasteiger partial charge in [-0.2, -0.15) is 0 Å². The van der Waals surface area contributed by atoms with Crippen molar-refractivity contribution in [3.05, 3.63) is 101 Å². The lowest BCUT2D eigenvalue weighted by Gasteiger charge is -2.15. The van der Waals surface area contributed by atoms with Gasteiger partial charge in [0.25, 0.3) is 0 Å². The van der Waals surface area contributed by atoms with E-state index in [2.05, 4.69) is 45.9 Å². The fraction of sp³-hybridized carbons (Fsp3) is 0.179. The summed E-state index contributed by atoms with van der Waals surface area (Å²) in [7, 11) is 3.17. The number of rotatable bonds is 7. The van der Waals surface area contributed by atoms with Gasteiger partial charge in [-0.05, 0) is 41.5 Å². The van der Waals surface area contributed by atoms with Crippen LogP contribution in [0.3, 0.4) is 0 Å². The molecule has 0 aliphatic rings. The van der Waals surface area contributed by atoms with Crippen molar-refractivity contribution in [1.29, 1.82) is 0 Å². The van der Waals surface area contributed by atoms with E-state index in [1.807, 2.05) is 30.3 Å². The molecule has 38 heavy (non-hydrogen) atoms. The smallest absolute Gasteiger partial charge is 0.204 e. The zero-order valence-electron chi connectivity index (χ0n) is 21.3. The van der Waals surface area contributed by atoms with Gasteiger partial charge in [0, 0.05) is 17.9 Å². The van der Waals surface area contributed by atoms with E-state index in [1.54, 1.807) is 32.4 Å². The first kappa shape index (κ1) is 26.5. The van der Waals surface area contributed by atoms with Gasteiger partial charge in [0.15, 0.2) is 17.3 Å². The van der Waals surface area contributed by atoms with Crippen LogP contribution in [-0.4, -0.2) is 39.4 Å². The van der Waals surface area contributed by atoms with E-state index < -0.39 is 0 Å². The maximum Gasteiger partial charge on any atom is 0.204 e. The summed E-state index contributed by atoms with van der Waals surface area (Å²) in [4.78, 5) is 14.4. The largest absolute Gasteiger partial charge is 0.493 e. The van der Waals surface area contributed by atoms with Gasteiger partial charge in [-0.15, -0.1) is 10.2 Å². The van der Waals surface area contributed by atoms with Crippen molar-refractivity contribution in [2.75, 3.05) is 14.2 Å². The summed E-state index contributed by atoms with van der Waals surface area (Å²) < 4.78 is 24.2. The molecule has 194 valence electrons. The second kappa shape index (κ2) is 12.1. The SMILES string of the molecule is COc1ccc(-c2nnc3nc(Cc4ccc(F)cc4)nc([C@@H](C)c4ccccc4)c3n2)cc1OC.NN. The molecule has 0 fully saturated rings. The molecular weight excluding hydrogens is 485 g/mol. The van der Waals surface area contributed by atoms with Crippen LogP contribution in [0.1, 0.15) is 35.5 Å². The van der Waals surface area contributed by atoms with E-state index >= 15 is 0 Å². The Kier molecular flexibility index (Phi) is 8.47. The van der Waals surface area contributed by atoms with Crippen LogP contribution < -0.4 is 21.2 Å². The number of aromatic nitrogens is 5. The van der Waals surface area contributed by atoms with Crippen LogP contribution in [-0.2, 0) is 6.42 Å². The Hall–Kier alpha value is -4.54. The molecule has 0 saturated heterocycles. The van der Waals surface area contributed by atoms with Gasteiger partial charge < -0.3 is 9.47 Å². The Morgan fingerprint density at radius 1 is 0.816 bits per heavy atom. The summed E-state index contributed by atoms with van der Waals surface area (Å²) in [5.74, 6) is 9.83. The van der Waals surface area contributed by atoms with Crippen molar-refractivity contribution in [1.82, 2.24) is 25.1 Å². The molecule has 5 rings (SSSR count). The zero-order valence-corrected chi connectivity index (χ0v) is 21.3. The fourth-order valence-electron chi connectivity index (χ4n) is 4.07. The number of halogens is 1. The van der Waals surface area contributed by atoms with E-state index in [-0.39, 0.29) is 11.7 Å². The van der Waals surface area contributed by atoms with E-state index in [1.165, 1.54) is 12.1 Å². The maximum atomic E-state index is 13.4. The lowest BCUT2D eigenvalue weighted by atomic mass is 9.96. The summed E-state index contributed by atoms with van der Waals surface area (Å²) in [5.41, 5.74) is 4.46. The van der Waals surface area contributed by atoms with Gasteiger partial charge in [-0.25, -0.2) is 19.3 Å². The number of hydrogen-bond donors (Lipinski definition) is 2. The molecule has 5 aromatic rings. The first-order valence-corrected chi connectivity index (χ1v) is 11.8. The summed E-state index contributed by atoms with van der Waals surface area (Å²) in [6.07, 6.45) is 0.434. The topological polar surface area (TPSA) is 135 Å². The lowest BCUT2D eigenvalue weighted by molar-refractivity contribution is 0.355. The van der Waals surface area contributed by atoms with E-state index in [4.69, 9.17) is 19.4 Å². The van der Waals surface area contributed by atoms with Crippen molar-refractivity contribution in [2.24, 2.45) is 11.7 Å². The Bertz CT molecular complexity index is 1520. The van der Waals surface area contributed by atoms with Gasteiger partial charge in [-0.3, -0.25) is 11.7 Å². The maximum absolute atomic E-state index is 13.4. The van der Waals surface area contributed by atoms with Crippen LogP contribution in [0, 0.1) is 5.82 Å². The number of hydrazine groups is 1. The van der Waals surface area contributed by atoms with Crippen molar-refractivity contribution >= 4 is 11.2 Å². The molecule has 1 atom stereocenters. The third-order valence-electron chi connectivity index (χ3n) is 6.02. The molecule has 0 aliphatic carbocycles. The number of hydrogen-bond acceptors (Lipinski definition) is 9. The Labute approximate surface area is 219 Å². The standard InChI is InChI=1S/C28H24FN5O2.H4N2/c1-17(19-7-5-4-6-8-19)25-26-28(31-24(30-25)15-18-9-12-21(29)13-10-18)34-33-27(32-26)20-11-14-22(35-2)23(16-20)36-3;1-2/h4-14,16-17H,15H2,1-3H3;1-2H2/t17-;/m0./s1. The van der Waals surface area contributed by atoms with Crippen LogP contribution in [0.4, 0.5) is 4.39 Å². The highest BCUT2D eigenvalue weighted by molar-refractivity contribution is 5.76. The lowest BCUT2D eigenvalue weighted by Crippen LogP contribution is -2.10. The molecule has 0 bridgehead atoms. The average molecular weight is 514 g/mol. The third-order valence-corrected chi connectivity index (χ3v) is 6.02. The second-order valence-corrected chi connectivity index (χ2v) is 8.34. The molecule has 3 aromatic carbocycles. The molecule has 10 heteroatoms. The van der Waals surface area contributed by atoms with Gasteiger partial charge in [-0.1, -0.05) is 49.4 Å². The first-order valence-electron chi connectivity index (χ1n) is 11.8. The number of fused-ring (bicyclic) bond motifs is 1. The summed E-state index contributed by atoms with van der Waals surface area (Å²) in [6, 6.07) is 21.9. The van der Waals surface area contributed by atoms with Gasteiger partial charge in [0.2, 0.25) is 5.65 Å². The quantitative estimate of drug-likeness (QED) is 0.242. The molecule has 2 aromatic heterocycles. The number of nitrogens with two attached hydrogens (primary N) is 2. The Balaban J connectivity index is 0.00000164. The normalized spacial score (nSPS) is 11.4. The van der Waals surface area contributed by atoms with Crippen molar-refractivity contribution in [2.45, 2.75) is 19.3 Å². The average Bonchev–Trinajstić information content (AvgIpc) is 2.98. The van der Waals surface area contributed by atoms with Crippen molar-refractivity contribution in [3.63, 3.8) is 0 Å². The minimum atomic E-state index is -0.283. The van der Waals surface area contributed by atoms with Crippen LogP contribution in [0.25, 0.3) is 22.6 Å². The summed E-state index contributed by atoms with van der Waals surface area (Å²) in [5, 5.41) is 8.76. The Morgan fingerprint density at radius 2 is 1.53 bits per heavy atom. The molecule has 0 saturated carbocycles. The first-order chi connectivity index (χ1) is 18.6. The van der Waals surface area contributed by atoms with Crippen LogP contribution >= 0.6 is 0 Å². The molecule has 0 unspecified atom stereocenters. The van der Waals surface area contributed by atoms with Crippen molar-refractivity contribution < 1.29 is 13.9 Å². The molecule has 0 aliphatic heterocycles. The Morgan fingerprint density at radius 3 is 2.21 bits per heavy atom. The molecule has 0 radical (unpaired) electrons. The molecule has 2 heterocycles. The molecule has 4 N–H and O–H groups in total. The minimum Gasteiger partial charge on any atom is -0.493 e. The predicted molar refractivity (Wildman–Crippen MR) is 143 cm³/mol. The van der Waals surface area contributed by atoms with Crippen LogP contribution in [0.2, 0.25) is 0 Å². The highest BCUT2D eigenvalue weighted by Crippen LogP contribution is 2.32. The number of nitrogens with zero attached hydrogens (tertiary/aromatic N) is 5. The number of benzene rings is 3. The van der Waals surface area contributed by atoms with E-state index in [0.29, 0.717) is 40.7 Å². The zero-order chi connectivity index (χ0) is 27.1. The van der Waals surface area contributed by atoms with Gasteiger partial charge in [0.1, 0.15) is 17.2 Å². The molecular formula is C28H28FN7O2. The van der Waals surface area contributed by atoms with Crippen LogP contribution in [0.5, 0.6) is 11.5 Å². The molecule has 0 spiro atoms. The summed E-state index contributed by atoms with van der Waals surface area (Å²) >= 11 is 0. The minimum absolute atomic E-state index is 0.0707. The second-order valence-electron chi connectivity index (χ2n) is 8.34. The fourth-order valence-corrected chi connectivity index (χ4v) is 4.07. The van der Waals surface area contributed by atoms with Crippen molar-refractivity contribution in [3.8, 4) is 22.9 Å². The number of ether oxygens (including phenoxy) is 2. The molecule has 0 amide bonds. The number of methoxy groups -OCH3 is 2. The van der Waals surface area contributed by atoms with E-state index in [0.717, 1.165) is 22.4 Å². The third kappa shape index (κ3) is 5.72.